The summed E-state index contributed by atoms with van der Waals surface area (Å²) in [7, 11) is 0. The Hall–Kier alpha value is -2.25. The number of alkyl halides is 3. The average molecular weight is 300 g/mol. The monoisotopic (exact) mass is 300 g/mol. The van der Waals surface area contributed by atoms with Crippen LogP contribution in [0.2, 0.25) is 0 Å². The van der Waals surface area contributed by atoms with Gasteiger partial charge in [0.05, 0.1) is 28.6 Å². The maximum Gasteiger partial charge on any atom is 0.405 e. The number of aromatic amines is 1. The number of nitrogens with zero attached hydrogens (tertiary/aromatic N) is 2. The minimum absolute atomic E-state index is 0.110. The second-order valence-corrected chi connectivity index (χ2v) is 5.00. The van der Waals surface area contributed by atoms with E-state index in [1.165, 1.54) is 18.5 Å². The van der Waals surface area contributed by atoms with Crippen molar-refractivity contribution in [3.8, 4) is 0 Å². The molecule has 114 valence electrons. The molecule has 21 heavy (non-hydrogen) atoms. The van der Waals surface area contributed by atoms with E-state index in [0.717, 1.165) is 4.90 Å². The predicted octanol–water partition coefficient (Wildman–Crippen LogP) is 2.28. The average Bonchev–Trinajstić information content (AvgIpc) is 2.35. The molecular weight excluding hydrogens is 285 g/mol. The molecule has 0 aliphatic carbocycles. The molecule has 1 aromatic carbocycles. The second-order valence-electron chi connectivity index (χ2n) is 5.00. The van der Waals surface area contributed by atoms with E-state index in [9.17, 15) is 18.0 Å². The first kappa shape index (κ1) is 15.1. The van der Waals surface area contributed by atoms with E-state index in [1.54, 1.807) is 13.8 Å². The smallest absolute Gasteiger partial charge is 0.397 e. The standard InChI is InChI=1S/C13H15F3N4O/c1-7(2)20(5-13(14,15)16)11-4-10-8(3-9(11)17)12(21)19-6-18-10/h3-4,6-7H,5,17H2,1-2H3,(H,18,19,21). The van der Waals surface area contributed by atoms with Gasteiger partial charge in [-0.15, -0.1) is 0 Å². The van der Waals surface area contributed by atoms with Gasteiger partial charge in [-0.2, -0.15) is 13.2 Å². The van der Waals surface area contributed by atoms with E-state index in [1.807, 2.05) is 0 Å². The first-order chi connectivity index (χ1) is 9.69. The molecule has 0 bridgehead atoms. The maximum absolute atomic E-state index is 12.7. The fourth-order valence-electron chi connectivity index (χ4n) is 2.11. The molecule has 8 heteroatoms. The number of anilines is 2. The summed E-state index contributed by atoms with van der Waals surface area (Å²) in [6.45, 7) is 2.16. The molecule has 2 aromatic rings. The highest BCUT2D eigenvalue weighted by molar-refractivity contribution is 5.88. The summed E-state index contributed by atoms with van der Waals surface area (Å²) in [5, 5.41) is 0.245. The SMILES string of the molecule is CC(C)N(CC(F)(F)F)c1cc2nc[nH]c(=O)c2cc1N. The Morgan fingerprint density at radius 3 is 2.62 bits per heavy atom. The minimum atomic E-state index is -4.35. The number of H-pyrrole nitrogens is 1. The lowest BCUT2D eigenvalue weighted by Gasteiger charge is -2.31. The van der Waals surface area contributed by atoms with Gasteiger partial charge in [-0.3, -0.25) is 4.79 Å². The number of nitrogens with one attached hydrogen (secondary N) is 1. The molecule has 0 unspecified atom stereocenters. The van der Waals surface area contributed by atoms with Gasteiger partial charge in [-0.05, 0) is 26.0 Å². The van der Waals surface area contributed by atoms with E-state index >= 15 is 0 Å². The summed E-state index contributed by atoms with van der Waals surface area (Å²) in [5.74, 6) is 0. The Balaban J connectivity index is 2.58. The zero-order valence-electron chi connectivity index (χ0n) is 11.5. The van der Waals surface area contributed by atoms with E-state index in [2.05, 4.69) is 9.97 Å². The lowest BCUT2D eigenvalue weighted by molar-refractivity contribution is -0.120. The highest BCUT2D eigenvalue weighted by Gasteiger charge is 2.32. The molecule has 1 aromatic heterocycles. The van der Waals surface area contributed by atoms with Gasteiger partial charge in [-0.25, -0.2) is 4.98 Å². The van der Waals surface area contributed by atoms with Crippen molar-refractivity contribution in [2.75, 3.05) is 17.2 Å². The summed E-state index contributed by atoms with van der Waals surface area (Å²) in [4.78, 5) is 19.1. The van der Waals surface area contributed by atoms with Gasteiger partial charge >= 0.3 is 6.18 Å². The van der Waals surface area contributed by atoms with Gasteiger partial charge in [0.25, 0.3) is 5.56 Å². The molecule has 0 radical (unpaired) electrons. The quantitative estimate of drug-likeness (QED) is 0.853. The Morgan fingerprint density at radius 1 is 1.38 bits per heavy atom. The molecule has 3 N–H and O–H groups in total. The van der Waals surface area contributed by atoms with E-state index < -0.39 is 18.8 Å². The molecule has 0 aliphatic heterocycles. The Bertz CT molecular complexity index is 709. The van der Waals surface area contributed by atoms with Crippen LogP contribution in [0.25, 0.3) is 10.9 Å². The number of aromatic nitrogens is 2. The number of benzene rings is 1. The third-order valence-corrected chi connectivity index (χ3v) is 3.07. The van der Waals surface area contributed by atoms with Gasteiger partial charge in [0, 0.05) is 6.04 Å². The van der Waals surface area contributed by atoms with Crippen molar-refractivity contribution in [2.45, 2.75) is 26.1 Å². The number of nitrogen functional groups attached to an aromatic ring is 1. The van der Waals surface area contributed by atoms with Crippen LogP contribution in [0.1, 0.15) is 13.8 Å². The van der Waals surface area contributed by atoms with Crippen molar-refractivity contribution in [2.24, 2.45) is 0 Å². The number of hydrogen-bond donors (Lipinski definition) is 2. The molecule has 1 heterocycles. The predicted molar refractivity (Wildman–Crippen MR) is 75.3 cm³/mol. The summed E-state index contributed by atoms with van der Waals surface area (Å²) in [6.07, 6.45) is -3.15. The fraction of sp³-hybridized carbons (Fsp3) is 0.385. The maximum atomic E-state index is 12.7. The number of rotatable bonds is 3. The molecule has 0 aliphatic rings. The molecule has 0 spiro atoms. The normalized spacial score (nSPS) is 12.1. The van der Waals surface area contributed by atoms with Crippen LogP contribution in [-0.2, 0) is 0 Å². The first-order valence-electron chi connectivity index (χ1n) is 6.29. The van der Waals surface area contributed by atoms with Crippen LogP contribution < -0.4 is 16.2 Å². The van der Waals surface area contributed by atoms with Crippen molar-refractivity contribution in [3.05, 3.63) is 28.8 Å². The molecular formula is C13H15F3N4O. The lowest BCUT2D eigenvalue weighted by Crippen LogP contribution is -2.39. The third kappa shape index (κ3) is 3.26. The van der Waals surface area contributed by atoms with Gasteiger partial charge in [0.15, 0.2) is 0 Å². The zero-order valence-corrected chi connectivity index (χ0v) is 11.5. The van der Waals surface area contributed by atoms with Crippen LogP contribution in [0.5, 0.6) is 0 Å². The topological polar surface area (TPSA) is 75.0 Å². The zero-order chi connectivity index (χ0) is 15.8. The molecule has 0 saturated heterocycles. The van der Waals surface area contributed by atoms with Crippen molar-refractivity contribution < 1.29 is 13.2 Å². The van der Waals surface area contributed by atoms with Gasteiger partial charge in [0.2, 0.25) is 0 Å². The largest absolute Gasteiger partial charge is 0.405 e. The summed E-state index contributed by atoms with van der Waals surface area (Å²) in [5.41, 5.74) is 6.07. The number of hydrogen-bond acceptors (Lipinski definition) is 4. The molecule has 5 nitrogen and oxygen atoms in total. The molecule has 0 amide bonds. The molecule has 2 rings (SSSR count). The second kappa shape index (κ2) is 5.27. The van der Waals surface area contributed by atoms with Crippen LogP contribution in [0.15, 0.2) is 23.3 Å². The summed E-state index contributed by atoms with van der Waals surface area (Å²) >= 11 is 0. The Labute approximate surface area is 118 Å². The van der Waals surface area contributed by atoms with Crippen LogP contribution in [0.4, 0.5) is 24.5 Å². The summed E-state index contributed by atoms with van der Waals surface area (Å²) < 4.78 is 38.1. The van der Waals surface area contributed by atoms with Gasteiger partial charge in [0.1, 0.15) is 6.54 Å². The van der Waals surface area contributed by atoms with Crippen LogP contribution in [-0.4, -0.2) is 28.7 Å². The Morgan fingerprint density at radius 2 is 2.05 bits per heavy atom. The van der Waals surface area contributed by atoms with E-state index in [-0.39, 0.29) is 22.3 Å². The molecule has 0 atom stereocenters. The van der Waals surface area contributed by atoms with Crippen LogP contribution >= 0.6 is 0 Å². The Kier molecular flexibility index (Phi) is 3.80. The van der Waals surface area contributed by atoms with Gasteiger partial charge < -0.3 is 15.6 Å². The van der Waals surface area contributed by atoms with Crippen LogP contribution in [0.3, 0.4) is 0 Å². The van der Waals surface area contributed by atoms with Crippen molar-refractivity contribution >= 4 is 22.3 Å². The first-order valence-corrected chi connectivity index (χ1v) is 6.29. The fourth-order valence-corrected chi connectivity index (χ4v) is 2.11. The van der Waals surface area contributed by atoms with Crippen LogP contribution in [0, 0.1) is 0 Å². The summed E-state index contributed by atoms with van der Waals surface area (Å²) in [6, 6.07) is 2.35. The molecule has 0 fully saturated rings. The van der Waals surface area contributed by atoms with E-state index in [4.69, 9.17) is 5.73 Å². The number of halogens is 3. The highest BCUT2D eigenvalue weighted by Crippen LogP contribution is 2.31. The minimum Gasteiger partial charge on any atom is -0.397 e. The highest BCUT2D eigenvalue weighted by atomic mass is 19.4. The lowest BCUT2D eigenvalue weighted by atomic mass is 10.1. The number of fused-ring (bicyclic) bond motifs is 1. The van der Waals surface area contributed by atoms with Gasteiger partial charge in [-0.1, -0.05) is 0 Å². The van der Waals surface area contributed by atoms with Crippen molar-refractivity contribution in [3.63, 3.8) is 0 Å². The number of nitrogens with two attached hydrogens (primary N) is 1. The van der Waals surface area contributed by atoms with Crippen molar-refractivity contribution in [1.82, 2.24) is 9.97 Å². The molecule has 0 saturated carbocycles. The van der Waals surface area contributed by atoms with E-state index in [0.29, 0.717) is 5.52 Å². The van der Waals surface area contributed by atoms with Crippen molar-refractivity contribution in [1.29, 1.82) is 0 Å². The third-order valence-electron chi connectivity index (χ3n) is 3.07.